The summed E-state index contributed by atoms with van der Waals surface area (Å²) in [5.41, 5.74) is 0.355. The molecule has 1 N–H and O–H groups in total. The molecule has 2 aliphatic rings. The Morgan fingerprint density at radius 1 is 1.32 bits per heavy atom. The zero-order valence-corrected chi connectivity index (χ0v) is 12.9. The zero-order valence-electron chi connectivity index (χ0n) is 12.9. The molecule has 1 saturated heterocycles. The summed E-state index contributed by atoms with van der Waals surface area (Å²) in [6.45, 7) is 9.12. The molecule has 0 bridgehead atoms. The molecule has 0 aromatic carbocycles. The van der Waals surface area contributed by atoms with Crippen molar-refractivity contribution in [3.8, 4) is 12.3 Å². The molecule has 0 amide bonds. The number of piperazine rings is 1. The second kappa shape index (κ2) is 6.29. The molecule has 19 heavy (non-hydrogen) atoms. The maximum absolute atomic E-state index is 5.78. The Kier molecular flexibility index (Phi) is 4.92. The molecule has 1 aliphatic heterocycles. The van der Waals surface area contributed by atoms with Crippen LogP contribution in [-0.4, -0.2) is 35.6 Å². The van der Waals surface area contributed by atoms with Crippen molar-refractivity contribution < 1.29 is 0 Å². The van der Waals surface area contributed by atoms with Crippen LogP contribution in [0.25, 0.3) is 0 Å². The van der Waals surface area contributed by atoms with Gasteiger partial charge in [-0.25, -0.2) is 0 Å². The number of terminal acetylenes is 1. The maximum Gasteiger partial charge on any atom is 0.0712 e. The van der Waals surface area contributed by atoms with Gasteiger partial charge in [0.15, 0.2) is 0 Å². The quantitative estimate of drug-likeness (QED) is 0.787. The first kappa shape index (κ1) is 14.9. The fourth-order valence-electron chi connectivity index (χ4n) is 3.93. The van der Waals surface area contributed by atoms with E-state index in [1.807, 2.05) is 0 Å². The zero-order chi connectivity index (χ0) is 13.9. The molecule has 2 unspecified atom stereocenters. The summed E-state index contributed by atoms with van der Waals surface area (Å²) in [5, 5.41) is 3.89. The van der Waals surface area contributed by atoms with Crippen molar-refractivity contribution in [1.82, 2.24) is 10.2 Å². The summed E-state index contributed by atoms with van der Waals surface area (Å²) in [6.07, 6.45) is 13.7. The smallest absolute Gasteiger partial charge is 0.0712 e. The lowest BCUT2D eigenvalue weighted by atomic mass is 9.78. The molecule has 108 valence electrons. The molecule has 2 heteroatoms. The summed E-state index contributed by atoms with van der Waals surface area (Å²) >= 11 is 0. The van der Waals surface area contributed by atoms with E-state index >= 15 is 0 Å². The van der Waals surface area contributed by atoms with Crippen LogP contribution in [0.4, 0.5) is 0 Å². The highest BCUT2D eigenvalue weighted by molar-refractivity contribution is 5.08. The Bertz CT molecular complexity index is 323. The first-order valence-electron chi connectivity index (χ1n) is 8.09. The van der Waals surface area contributed by atoms with Crippen molar-refractivity contribution in [2.24, 2.45) is 5.92 Å². The molecule has 0 aromatic rings. The van der Waals surface area contributed by atoms with E-state index in [1.165, 1.54) is 32.1 Å². The lowest BCUT2D eigenvalue weighted by Gasteiger charge is -2.52. The topological polar surface area (TPSA) is 15.3 Å². The molecular weight excluding hydrogens is 232 g/mol. The third-order valence-corrected chi connectivity index (χ3v) is 5.16. The predicted octanol–water partition coefficient (Wildman–Crippen LogP) is 3.03. The largest absolute Gasteiger partial charge is 0.308 e. The molecule has 1 heterocycles. The van der Waals surface area contributed by atoms with Gasteiger partial charge >= 0.3 is 0 Å². The van der Waals surface area contributed by atoms with E-state index in [-0.39, 0.29) is 0 Å². The van der Waals surface area contributed by atoms with Gasteiger partial charge in [-0.3, -0.25) is 4.90 Å². The van der Waals surface area contributed by atoms with Crippen molar-refractivity contribution in [2.75, 3.05) is 13.1 Å². The van der Waals surface area contributed by atoms with E-state index in [0.717, 1.165) is 19.5 Å². The molecule has 1 aliphatic carbocycles. The summed E-state index contributed by atoms with van der Waals surface area (Å²) in [7, 11) is 0. The molecular formula is C17H30N2. The van der Waals surface area contributed by atoms with Crippen LogP contribution in [-0.2, 0) is 0 Å². The van der Waals surface area contributed by atoms with Crippen molar-refractivity contribution in [1.29, 1.82) is 0 Å². The lowest BCUT2D eigenvalue weighted by molar-refractivity contribution is 0.0200. The van der Waals surface area contributed by atoms with Gasteiger partial charge in [0.2, 0.25) is 0 Å². The summed E-state index contributed by atoms with van der Waals surface area (Å²) < 4.78 is 0. The number of rotatable bonds is 3. The van der Waals surface area contributed by atoms with E-state index < -0.39 is 0 Å². The minimum atomic E-state index is 0.313. The Labute approximate surface area is 119 Å². The van der Waals surface area contributed by atoms with Crippen molar-refractivity contribution in [2.45, 2.75) is 76.9 Å². The van der Waals surface area contributed by atoms with Crippen molar-refractivity contribution >= 4 is 0 Å². The average Bonchev–Trinajstić information content (AvgIpc) is 2.41. The van der Waals surface area contributed by atoms with Crippen LogP contribution in [0.1, 0.15) is 59.3 Å². The molecule has 1 spiro atoms. The molecule has 2 nitrogen and oxygen atoms in total. The van der Waals surface area contributed by atoms with E-state index in [9.17, 15) is 0 Å². The van der Waals surface area contributed by atoms with Gasteiger partial charge in [0.1, 0.15) is 0 Å². The number of hydrogen-bond acceptors (Lipinski definition) is 2. The highest BCUT2D eigenvalue weighted by Gasteiger charge is 2.42. The highest BCUT2D eigenvalue weighted by atomic mass is 15.3. The Balaban J connectivity index is 2.15. The van der Waals surface area contributed by atoms with Gasteiger partial charge in [0.25, 0.3) is 0 Å². The lowest BCUT2D eigenvalue weighted by Crippen LogP contribution is -2.67. The second-order valence-corrected chi connectivity index (χ2v) is 6.80. The summed E-state index contributed by atoms with van der Waals surface area (Å²) in [4.78, 5) is 2.63. The number of nitrogens with zero attached hydrogens (tertiary/aromatic N) is 1. The average molecular weight is 262 g/mol. The van der Waals surface area contributed by atoms with Gasteiger partial charge in [-0.05, 0) is 25.2 Å². The van der Waals surface area contributed by atoms with Crippen LogP contribution in [0.15, 0.2) is 0 Å². The first-order valence-corrected chi connectivity index (χ1v) is 8.09. The van der Waals surface area contributed by atoms with Crippen LogP contribution >= 0.6 is 0 Å². The van der Waals surface area contributed by atoms with Crippen LogP contribution < -0.4 is 5.32 Å². The summed E-state index contributed by atoms with van der Waals surface area (Å²) in [6, 6.07) is 0.904. The van der Waals surface area contributed by atoms with Gasteiger partial charge in [0.05, 0.1) is 6.04 Å². The van der Waals surface area contributed by atoms with Crippen molar-refractivity contribution in [3.05, 3.63) is 0 Å². The number of nitrogens with one attached hydrogen (secondary N) is 1. The fraction of sp³-hybridized carbons (Fsp3) is 0.882. The SMILES string of the molecule is C#CC(CC)N1CC2(CCCCC2)NCC1C(C)C. The monoisotopic (exact) mass is 262 g/mol. The minimum Gasteiger partial charge on any atom is -0.308 e. The van der Waals surface area contributed by atoms with E-state index in [0.29, 0.717) is 23.5 Å². The Hall–Kier alpha value is -0.520. The molecule has 0 aromatic heterocycles. The Morgan fingerprint density at radius 3 is 2.53 bits per heavy atom. The molecule has 1 saturated carbocycles. The third kappa shape index (κ3) is 3.15. The fourth-order valence-corrected chi connectivity index (χ4v) is 3.93. The van der Waals surface area contributed by atoms with Gasteiger partial charge in [-0.15, -0.1) is 6.42 Å². The van der Waals surface area contributed by atoms with Crippen LogP contribution in [0.5, 0.6) is 0 Å². The Morgan fingerprint density at radius 2 is 2.00 bits per heavy atom. The summed E-state index contributed by atoms with van der Waals surface area (Å²) in [5.74, 6) is 3.69. The molecule has 2 atom stereocenters. The van der Waals surface area contributed by atoms with Gasteiger partial charge in [0, 0.05) is 24.7 Å². The predicted molar refractivity (Wildman–Crippen MR) is 82.1 cm³/mol. The second-order valence-electron chi connectivity index (χ2n) is 6.80. The minimum absolute atomic E-state index is 0.313. The standard InChI is InChI=1S/C17H30N2/c1-5-15(6-2)19-13-17(10-8-7-9-11-17)18-12-16(19)14(3)4/h1,14-16,18H,6-13H2,2-4H3. The maximum atomic E-state index is 5.78. The van der Waals surface area contributed by atoms with E-state index in [2.05, 4.69) is 36.9 Å². The van der Waals surface area contributed by atoms with Crippen LogP contribution in [0.2, 0.25) is 0 Å². The normalized spacial score (nSPS) is 29.3. The van der Waals surface area contributed by atoms with Gasteiger partial charge in [-0.1, -0.05) is 46.0 Å². The highest BCUT2D eigenvalue weighted by Crippen LogP contribution is 2.34. The van der Waals surface area contributed by atoms with E-state index in [1.54, 1.807) is 0 Å². The van der Waals surface area contributed by atoms with Crippen LogP contribution in [0, 0.1) is 18.3 Å². The van der Waals surface area contributed by atoms with Gasteiger partial charge in [-0.2, -0.15) is 0 Å². The molecule has 2 fully saturated rings. The number of hydrogen-bond donors (Lipinski definition) is 1. The third-order valence-electron chi connectivity index (χ3n) is 5.16. The first-order chi connectivity index (χ1) is 9.12. The van der Waals surface area contributed by atoms with Crippen LogP contribution in [0.3, 0.4) is 0 Å². The molecule has 2 rings (SSSR count). The van der Waals surface area contributed by atoms with E-state index in [4.69, 9.17) is 6.42 Å². The molecule has 0 radical (unpaired) electrons. The van der Waals surface area contributed by atoms with Gasteiger partial charge < -0.3 is 5.32 Å². The van der Waals surface area contributed by atoms with Crippen molar-refractivity contribution in [3.63, 3.8) is 0 Å².